The zero-order chi connectivity index (χ0) is 17.4. The summed E-state index contributed by atoms with van der Waals surface area (Å²) in [6.07, 6.45) is -14.4. The van der Waals surface area contributed by atoms with Crippen LogP contribution in [0.5, 0.6) is 0 Å². The minimum Gasteiger partial charge on any atom is -0.226 e. The Morgan fingerprint density at radius 1 is 0.636 bits per heavy atom. The summed E-state index contributed by atoms with van der Waals surface area (Å²) in [5, 5.41) is 0. The van der Waals surface area contributed by atoms with Gasteiger partial charge in [-0.05, 0) is 25.7 Å². The Bertz CT molecular complexity index is 516. The van der Waals surface area contributed by atoms with E-state index in [1.807, 2.05) is 0 Å². The molecule has 0 bridgehead atoms. The average Bonchev–Trinajstić information content (AvgIpc) is 2.26. The van der Waals surface area contributed by atoms with E-state index in [-0.39, 0.29) is 0 Å². The highest BCUT2D eigenvalue weighted by atomic mass is 32.3. The first-order valence-corrected chi connectivity index (χ1v) is 9.49. The van der Waals surface area contributed by atoms with Crippen molar-refractivity contribution in [2.24, 2.45) is 0 Å². The van der Waals surface area contributed by atoms with Crippen molar-refractivity contribution >= 4 is 19.7 Å². The van der Waals surface area contributed by atoms with Gasteiger partial charge in [0.2, 0.25) is 0 Å². The van der Waals surface area contributed by atoms with Gasteiger partial charge in [-0.25, -0.2) is 16.8 Å². The van der Waals surface area contributed by atoms with Crippen molar-refractivity contribution < 1.29 is 43.2 Å². The van der Waals surface area contributed by atoms with Crippen molar-refractivity contribution in [3.63, 3.8) is 0 Å². The molecule has 1 rings (SSSR count). The van der Waals surface area contributed by atoms with Crippen LogP contribution in [0.1, 0.15) is 38.5 Å². The van der Waals surface area contributed by atoms with Crippen molar-refractivity contribution in [2.45, 2.75) is 60.0 Å². The summed E-state index contributed by atoms with van der Waals surface area (Å²) in [5.41, 5.74) is 0. The second-order valence-corrected chi connectivity index (χ2v) is 10.3. The van der Waals surface area contributed by atoms with Gasteiger partial charge in [-0.15, -0.1) is 0 Å². The van der Waals surface area contributed by atoms with E-state index in [2.05, 4.69) is 0 Å². The normalized spacial score (nSPS) is 27.4. The first kappa shape index (κ1) is 19.5. The Kier molecular flexibility index (Phi) is 5.48. The lowest BCUT2D eigenvalue weighted by Gasteiger charge is -2.35. The van der Waals surface area contributed by atoms with Gasteiger partial charge >= 0.3 is 12.4 Å². The first-order valence-electron chi connectivity index (χ1n) is 6.27. The molecule has 0 spiro atoms. The van der Waals surface area contributed by atoms with Gasteiger partial charge in [0.15, 0.2) is 28.8 Å². The van der Waals surface area contributed by atoms with E-state index >= 15 is 0 Å². The molecule has 0 N–H and O–H groups in total. The van der Waals surface area contributed by atoms with Crippen LogP contribution in [0, 0.1) is 0 Å². The predicted octanol–water partition coefficient (Wildman–Crippen LogP) is 2.95. The molecule has 0 aromatic carbocycles. The van der Waals surface area contributed by atoms with E-state index in [0.717, 1.165) is 0 Å². The summed E-state index contributed by atoms with van der Waals surface area (Å²) >= 11 is 0. The SMILES string of the molecule is O=S1(=O)C(CCCC(F)(F)F)S(=O)(=O)C1CCCC(F)(F)F. The van der Waals surface area contributed by atoms with E-state index in [0.29, 0.717) is 0 Å². The smallest absolute Gasteiger partial charge is 0.226 e. The van der Waals surface area contributed by atoms with Gasteiger partial charge in [-0.3, -0.25) is 0 Å². The highest BCUT2D eigenvalue weighted by Crippen LogP contribution is 2.41. The van der Waals surface area contributed by atoms with Crippen molar-refractivity contribution in [3.8, 4) is 0 Å². The first-order chi connectivity index (χ1) is 9.68. The van der Waals surface area contributed by atoms with Crippen LogP contribution in [0.3, 0.4) is 0 Å². The molecule has 0 aromatic heterocycles. The zero-order valence-electron chi connectivity index (χ0n) is 11.1. The van der Waals surface area contributed by atoms with E-state index in [4.69, 9.17) is 0 Å². The maximum Gasteiger partial charge on any atom is 0.389 e. The van der Waals surface area contributed by atoms with E-state index < -0.39 is 79.7 Å². The van der Waals surface area contributed by atoms with Gasteiger partial charge < -0.3 is 0 Å². The maximum absolute atomic E-state index is 12.0. The molecule has 1 heterocycles. The molecule has 0 amide bonds. The topological polar surface area (TPSA) is 68.3 Å². The molecule has 1 aliphatic rings. The predicted molar refractivity (Wildman–Crippen MR) is 65.2 cm³/mol. The largest absolute Gasteiger partial charge is 0.389 e. The molecule has 4 nitrogen and oxygen atoms in total. The van der Waals surface area contributed by atoms with Crippen molar-refractivity contribution in [2.75, 3.05) is 0 Å². The third kappa shape index (κ3) is 4.74. The van der Waals surface area contributed by atoms with Crippen LogP contribution in [0.4, 0.5) is 26.3 Å². The van der Waals surface area contributed by atoms with Crippen LogP contribution in [-0.4, -0.2) is 38.4 Å². The molecule has 1 fully saturated rings. The lowest BCUT2D eigenvalue weighted by atomic mass is 10.2. The fourth-order valence-electron chi connectivity index (χ4n) is 2.25. The Morgan fingerprint density at radius 3 is 1.14 bits per heavy atom. The van der Waals surface area contributed by atoms with Crippen LogP contribution >= 0.6 is 0 Å². The molecule has 0 atom stereocenters. The summed E-state index contributed by atoms with van der Waals surface area (Å²) in [4.78, 5) is 0. The molecule has 22 heavy (non-hydrogen) atoms. The van der Waals surface area contributed by atoms with E-state index in [9.17, 15) is 43.2 Å². The number of hydrogen-bond donors (Lipinski definition) is 0. The van der Waals surface area contributed by atoms with Crippen LogP contribution in [0.15, 0.2) is 0 Å². The fraction of sp³-hybridized carbons (Fsp3) is 1.00. The molecular weight excluding hydrogens is 362 g/mol. The molecule has 132 valence electrons. The Morgan fingerprint density at radius 2 is 0.909 bits per heavy atom. The number of rotatable bonds is 6. The summed E-state index contributed by atoms with van der Waals surface area (Å²) in [6.45, 7) is 0. The minimum atomic E-state index is -4.52. The molecule has 1 saturated heterocycles. The second kappa shape index (κ2) is 6.17. The third-order valence-electron chi connectivity index (χ3n) is 3.27. The Labute approximate surface area is 123 Å². The van der Waals surface area contributed by atoms with Gasteiger partial charge in [0, 0.05) is 12.8 Å². The highest BCUT2D eigenvalue weighted by molar-refractivity contribution is 8.25. The molecule has 12 heteroatoms. The molecular formula is C10H14F6O4S2. The van der Waals surface area contributed by atoms with Crippen LogP contribution in [-0.2, 0) is 19.7 Å². The molecule has 0 radical (unpaired) electrons. The summed E-state index contributed by atoms with van der Waals surface area (Å²) in [7, 11) is -8.46. The number of halogens is 6. The van der Waals surface area contributed by atoms with E-state index in [1.165, 1.54) is 0 Å². The third-order valence-corrected chi connectivity index (χ3v) is 10.4. The van der Waals surface area contributed by atoms with Crippen LogP contribution < -0.4 is 0 Å². The zero-order valence-corrected chi connectivity index (χ0v) is 12.7. The quantitative estimate of drug-likeness (QED) is 0.669. The lowest BCUT2D eigenvalue weighted by Crippen LogP contribution is -2.55. The number of alkyl halides is 6. The van der Waals surface area contributed by atoms with Gasteiger partial charge in [-0.2, -0.15) is 26.3 Å². The number of sulfone groups is 2. The summed E-state index contributed by atoms with van der Waals surface area (Å²) in [6, 6.07) is 0. The molecule has 0 saturated carbocycles. The lowest BCUT2D eigenvalue weighted by molar-refractivity contribution is -0.136. The number of hydrogen-bond acceptors (Lipinski definition) is 4. The molecule has 1 aliphatic heterocycles. The van der Waals surface area contributed by atoms with Crippen LogP contribution in [0.25, 0.3) is 0 Å². The molecule has 0 aliphatic carbocycles. The van der Waals surface area contributed by atoms with E-state index in [1.54, 1.807) is 0 Å². The van der Waals surface area contributed by atoms with Crippen molar-refractivity contribution in [1.82, 2.24) is 0 Å². The van der Waals surface area contributed by atoms with Gasteiger partial charge in [0.25, 0.3) is 0 Å². The maximum atomic E-state index is 12.0. The molecule has 0 unspecified atom stereocenters. The fourth-order valence-corrected chi connectivity index (χ4v) is 8.69. The Hall–Kier alpha value is -0.520. The van der Waals surface area contributed by atoms with Gasteiger partial charge in [0.05, 0.1) is 0 Å². The standard InChI is InChI=1S/C10H14F6O4S2/c11-9(12,13)5-1-3-7-21(17,18)8(22(7,19)20)4-2-6-10(14,15)16/h7-8H,1-6H2. The molecule has 0 aromatic rings. The summed E-state index contributed by atoms with van der Waals surface area (Å²) in [5.74, 6) is 0. The van der Waals surface area contributed by atoms with Crippen molar-refractivity contribution in [1.29, 1.82) is 0 Å². The summed E-state index contributed by atoms with van der Waals surface area (Å²) < 4.78 is 115. The van der Waals surface area contributed by atoms with Gasteiger partial charge in [0.1, 0.15) is 0 Å². The highest BCUT2D eigenvalue weighted by Gasteiger charge is 2.60. The second-order valence-electron chi connectivity index (χ2n) is 5.05. The van der Waals surface area contributed by atoms with Crippen molar-refractivity contribution in [3.05, 3.63) is 0 Å². The van der Waals surface area contributed by atoms with Gasteiger partial charge in [-0.1, -0.05) is 0 Å². The average molecular weight is 376 g/mol. The van der Waals surface area contributed by atoms with Crippen LogP contribution in [0.2, 0.25) is 0 Å². The Balaban J connectivity index is 2.63. The monoisotopic (exact) mass is 376 g/mol. The minimum absolute atomic E-state index is 0.665.